The number of rotatable bonds is 12. The summed E-state index contributed by atoms with van der Waals surface area (Å²) in [5, 5.41) is 0. The highest BCUT2D eigenvalue weighted by atomic mass is 16.7. The van der Waals surface area contributed by atoms with Crippen LogP contribution in [-0.4, -0.2) is 44.2 Å². The molecule has 152 valence electrons. The summed E-state index contributed by atoms with van der Waals surface area (Å²) >= 11 is 0. The van der Waals surface area contributed by atoms with E-state index in [-0.39, 0.29) is 25.1 Å². The van der Waals surface area contributed by atoms with Crippen LogP contribution in [-0.2, 0) is 28.5 Å². The summed E-state index contributed by atoms with van der Waals surface area (Å²) in [4.78, 5) is 23.4. The van der Waals surface area contributed by atoms with E-state index in [2.05, 4.69) is 27.7 Å². The van der Waals surface area contributed by atoms with Crippen molar-refractivity contribution in [3.8, 4) is 0 Å². The standard InChI is InChI=1S/C20H36O6/c1-5-7-8-16(6-2)20-24-13-17(14-25-20)26-19(22)10-9-18(21)23-12-11-15(3)4/h15-17,20H,5-14H2,1-4H3. The van der Waals surface area contributed by atoms with Gasteiger partial charge in [0.15, 0.2) is 6.29 Å². The number of hydrogen-bond donors (Lipinski definition) is 0. The van der Waals surface area contributed by atoms with Gasteiger partial charge in [-0.2, -0.15) is 0 Å². The molecule has 6 heteroatoms. The molecular weight excluding hydrogens is 336 g/mol. The second-order valence-electron chi connectivity index (χ2n) is 7.36. The third-order valence-electron chi connectivity index (χ3n) is 4.52. The van der Waals surface area contributed by atoms with Crippen LogP contribution in [0.4, 0.5) is 0 Å². The highest BCUT2D eigenvalue weighted by molar-refractivity contribution is 5.77. The van der Waals surface area contributed by atoms with Crippen LogP contribution in [0, 0.1) is 11.8 Å². The lowest BCUT2D eigenvalue weighted by Gasteiger charge is -2.33. The summed E-state index contributed by atoms with van der Waals surface area (Å²) in [5.41, 5.74) is 0. The first-order valence-corrected chi connectivity index (χ1v) is 10.0. The summed E-state index contributed by atoms with van der Waals surface area (Å²) < 4.78 is 21.9. The van der Waals surface area contributed by atoms with Crippen molar-refractivity contribution in [2.24, 2.45) is 11.8 Å². The Morgan fingerprint density at radius 1 is 1.04 bits per heavy atom. The van der Waals surface area contributed by atoms with Crippen LogP contribution in [0.15, 0.2) is 0 Å². The van der Waals surface area contributed by atoms with Crippen molar-refractivity contribution in [2.45, 2.75) is 85.0 Å². The van der Waals surface area contributed by atoms with E-state index < -0.39 is 12.1 Å². The number of unbranched alkanes of at least 4 members (excludes halogenated alkanes) is 1. The fourth-order valence-corrected chi connectivity index (χ4v) is 2.77. The molecule has 1 atom stereocenters. The first-order chi connectivity index (χ1) is 12.5. The van der Waals surface area contributed by atoms with Crippen molar-refractivity contribution in [1.29, 1.82) is 0 Å². The summed E-state index contributed by atoms with van der Waals surface area (Å²) in [7, 11) is 0. The molecule has 6 nitrogen and oxygen atoms in total. The number of hydrogen-bond acceptors (Lipinski definition) is 6. The van der Waals surface area contributed by atoms with Crippen LogP contribution in [0.3, 0.4) is 0 Å². The van der Waals surface area contributed by atoms with E-state index in [9.17, 15) is 9.59 Å². The third-order valence-corrected chi connectivity index (χ3v) is 4.52. The number of carbonyl (C=O) groups is 2. The average molecular weight is 373 g/mol. The molecule has 1 rings (SSSR count). The molecular formula is C20H36O6. The van der Waals surface area contributed by atoms with Crippen LogP contribution < -0.4 is 0 Å². The van der Waals surface area contributed by atoms with Gasteiger partial charge in [0.2, 0.25) is 0 Å². The molecule has 1 fully saturated rings. The molecule has 0 saturated carbocycles. The summed E-state index contributed by atoms with van der Waals surface area (Å²) in [6.45, 7) is 9.53. The van der Waals surface area contributed by atoms with E-state index in [1.807, 2.05) is 0 Å². The Balaban J connectivity index is 2.19. The van der Waals surface area contributed by atoms with Crippen LogP contribution in [0.1, 0.15) is 72.6 Å². The van der Waals surface area contributed by atoms with Gasteiger partial charge in [-0.3, -0.25) is 9.59 Å². The fraction of sp³-hybridized carbons (Fsp3) is 0.900. The molecule has 1 heterocycles. The van der Waals surface area contributed by atoms with E-state index in [1.165, 1.54) is 0 Å². The highest BCUT2D eigenvalue weighted by Crippen LogP contribution is 2.24. The summed E-state index contributed by atoms with van der Waals surface area (Å²) in [6.07, 6.45) is 4.69. The molecule has 0 amide bonds. The highest BCUT2D eigenvalue weighted by Gasteiger charge is 2.29. The van der Waals surface area contributed by atoms with Crippen molar-refractivity contribution in [3.05, 3.63) is 0 Å². The van der Waals surface area contributed by atoms with Crippen molar-refractivity contribution in [3.63, 3.8) is 0 Å². The maximum absolute atomic E-state index is 11.9. The maximum Gasteiger partial charge on any atom is 0.306 e. The van der Waals surface area contributed by atoms with Gasteiger partial charge in [-0.1, -0.05) is 40.5 Å². The van der Waals surface area contributed by atoms with E-state index in [4.69, 9.17) is 18.9 Å². The zero-order chi connectivity index (χ0) is 19.4. The summed E-state index contributed by atoms with van der Waals surface area (Å²) in [6, 6.07) is 0. The number of ether oxygens (including phenoxy) is 4. The molecule has 0 aromatic carbocycles. The van der Waals surface area contributed by atoms with Crippen molar-refractivity contribution in [2.75, 3.05) is 19.8 Å². The van der Waals surface area contributed by atoms with Crippen molar-refractivity contribution in [1.82, 2.24) is 0 Å². The molecule has 0 radical (unpaired) electrons. The van der Waals surface area contributed by atoms with Gasteiger partial charge in [-0.15, -0.1) is 0 Å². The van der Waals surface area contributed by atoms with Gasteiger partial charge < -0.3 is 18.9 Å². The molecule has 0 spiro atoms. The molecule has 1 saturated heterocycles. The lowest BCUT2D eigenvalue weighted by molar-refractivity contribution is -0.245. The van der Waals surface area contributed by atoms with Gasteiger partial charge in [0, 0.05) is 5.92 Å². The zero-order valence-electron chi connectivity index (χ0n) is 16.8. The van der Waals surface area contributed by atoms with Crippen LogP contribution in [0.2, 0.25) is 0 Å². The second kappa shape index (κ2) is 13.1. The Bertz CT molecular complexity index is 401. The predicted octanol–water partition coefficient (Wildman–Crippen LogP) is 3.86. The molecule has 1 aliphatic rings. The van der Waals surface area contributed by atoms with Gasteiger partial charge in [0.05, 0.1) is 32.7 Å². The molecule has 1 aliphatic heterocycles. The number of esters is 2. The van der Waals surface area contributed by atoms with E-state index in [1.54, 1.807) is 0 Å². The monoisotopic (exact) mass is 372 g/mol. The zero-order valence-corrected chi connectivity index (χ0v) is 16.8. The predicted molar refractivity (Wildman–Crippen MR) is 98.5 cm³/mol. The van der Waals surface area contributed by atoms with Gasteiger partial charge in [-0.05, 0) is 25.2 Å². The molecule has 0 bridgehead atoms. The van der Waals surface area contributed by atoms with Crippen molar-refractivity contribution >= 4 is 11.9 Å². The number of carbonyl (C=O) groups excluding carboxylic acids is 2. The van der Waals surface area contributed by atoms with Gasteiger partial charge in [0.25, 0.3) is 0 Å². The Morgan fingerprint density at radius 2 is 1.69 bits per heavy atom. The SMILES string of the molecule is CCCCC(CC)C1OCC(OC(=O)CCC(=O)OCCC(C)C)CO1. The van der Waals surface area contributed by atoms with Gasteiger partial charge in [0.1, 0.15) is 6.10 Å². The topological polar surface area (TPSA) is 71.1 Å². The second-order valence-corrected chi connectivity index (χ2v) is 7.36. The van der Waals surface area contributed by atoms with Gasteiger partial charge >= 0.3 is 11.9 Å². The molecule has 26 heavy (non-hydrogen) atoms. The largest absolute Gasteiger partial charge is 0.466 e. The van der Waals surface area contributed by atoms with Crippen LogP contribution >= 0.6 is 0 Å². The van der Waals surface area contributed by atoms with Crippen LogP contribution in [0.5, 0.6) is 0 Å². The lowest BCUT2D eigenvalue weighted by Crippen LogP contribution is -2.41. The van der Waals surface area contributed by atoms with Crippen molar-refractivity contribution < 1.29 is 28.5 Å². The minimum Gasteiger partial charge on any atom is -0.466 e. The normalized spacial score (nSPS) is 21.4. The first-order valence-electron chi connectivity index (χ1n) is 10.0. The molecule has 0 N–H and O–H groups in total. The molecule has 0 aromatic heterocycles. The minimum atomic E-state index is -0.417. The Kier molecular flexibility index (Phi) is 11.5. The molecule has 0 aromatic rings. The molecule has 1 unspecified atom stereocenters. The summed E-state index contributed by atoms with van der Waals surface area (Å²) in [5.74, 6) is 0.0874. The Morgan fingerprint density at radius 3 is 2.27 bits per heavy atom. The van der Waals surface area contributed by atoms with E-state index in [0.29, 0.717) is 31.7 Å². The minimum absolute atomic E-state index is 0.0223. The van der Waals surface area contributed by atoms with Gasteiger partial charge in [-0.25, -0.2) is 0 Å². The lowest BCUT2D eigenvalue weighted by atomic mass is 9.98. The quantitative estimate of drug-likeness (QED) is 0.485. The fourth-order valence-electron chi connectivity index (χ4n) is 2.77. The Labute approximate surface area is 157 Å². The van der Waals surface area contributed by atoms with E-state index >= 15 is 0 Å². The average Bonchev–Trinajstić information content (AvgIpc) is 2.61. The smallest absolute Gasteiger partial charge is 0.306 e. The molecule has 0 aliphatic carbocycles. The third kappa shape index (κ3) is 9.53. The first kappa shape index (κ1) is 22.9. The maximum atomic E-state index is 11.9. The van der Waals surface area contributed by atoms with Crippen LogP contribution in [0.25, 0.3) is 0 Å². The van der Waals surface area contributed by atoms with E-state index in [0.717, 1.165) is 32.1 Å². The Hall–Kier alpha value is -1.14.